The van der Waals surface area contributed by atoms with Gasteiger partial charge in [-0.3, -0.25) is 9.98 Å². The zero-order chi connectivity index (χ0) is 15.8. The van der Waals surface area contributed by atoms with Crippen LogP contribution in [0.15, 0.2) is 32.6 Å². The Morgan fingerprint density at radius 3 is 2.62 bits per heavy atom. The number of phenolic OH excluding ortho intramolecular Hbond substituents is 1. The van der Waals surface area contributed by atoms with E-state index in [1.807, 2.05) is 12.3 Å². The molecule has 1 aromatic rings. The molecule has 112 valence electrons. The molecule has 1 aromatic carbocycles. The Labute approximate surface area is 129 Å². The van der Waals surface area contributed by atoms with Gasteiger partial charge in [0.15, 0.2) is 0 Å². The summed E-state index contributed by atoms with van der Waals surface area (Å²) in [5, 5.41) is 10.1. The Morgan fingerprint density at radius 2 is 2.10 bits per heavy atom. The van der Waals surface area contributed by atoms with Gasteiger partial charge in [-0.15, -0.1) is 11.8 Å². The zero-order valence-corrected chi connectivity index (χ0v) is 13.7. The first kappa shape index (κ1) is 15.6. The van der Waals surface area contributed by atoms with Crippen molar-refractivity contribution in [2.24, 2.45) is 21.1 Å². The van der Waals surface area contributed by atoms with E-state index >= 15 is 0 Å². The highest BCUT2D eigenvalue weighted by atomic mass is 32.2. The molecule has 3 N–H and O–H groups in total. The number of nitrogens with zero attached hydrogens (tertiary/aromatic N) is 2. The number of rotatable bonds is 3. The van der Waals surface area contributed by atoms with Crippen molar-refractivity contribution in [1.29, 1.82) is 0 Å². The standard InChI is InChI=1S/C16H21N3OS/c1-16(2)8-10-9(6-7-11(20)14(10)21-5)13(18-3)12(16)15(17)19-4/h6-7,20H,3,8H2,1-2,4-5H3,(H2,17,19). The van der Waals surface area contributed by atoms with E-state index in [0.717, 1.165) is 33.7 Å². The van der Waals surface area contributed by atoms with Gasteiger partial charge in [0.05, 0.1) is 10.6 Å². The molecule has 0 aliphatic heterocycles. The average Bonchev–Trinajstić information content (AvgIpc) is 2.44. The molecule has 0 unspecified atom stereocenters. The molecule has 5 heteroatoms. The van der Waals surface area contributed by atoms with Crippen LogP contribution in [0.2, 0.25) is 0 Å². The van der Waals surface area contributed by atoms with Crippen LogP contribution < -0.4 is 5.73 Å². The second-order valence-corrected chi connectivity index (χ2v) is 6.51. The summed E-state index contributed by atoms with van der Waals surface area (Å²) < 4.78 is 0. The van der Waals surface area contributed by atoms with Crippen molar-refractivity contribution in [2.75, 3.05) is 13.3 Å². The van der Waals surface area contributed by atoms with Crippen LogP contribution in [0, 0.1) is 5.41 Å². The highest BCUT2D eigenvalue weighted by Crippen LogP contribution is 2.47. The smallest absolute Gasteiger partial charge is 0.129 e. The van der Waals surface area contributed by atoms with Crippen LogP contribution in [-0.4, -0.2) is 31.0 Å². The SMILES string of the molecule is C=NC1=C(C(N)=NC)C(C)(C)Cc2c1ccc(O)c2SC. The van der Waals surface area contributed by atoms with Crippen molar-refractivity contribution >= 4 is 30.0 Å². The lowest BCUT2D eigenvalue weighted by molar-refractivity contribution is 0.436. The molecule has 0 aromatic heterocycles. The molecule has 0 atom stereocenters. The predicted molar refractivity (Wildman–Crippen MR) is 91.4 cm³/mol. The Bertz CT molecular complexity index is 660. The number of benzene rings is 1. The third-order valence-corrected chi connectivity index (χ3v) is 4.75. The van der Waals surface area contributed by atoms with Crippen LogP contribution in [0.25, 0.3) is 5.70 Å². The molecule has 0 saturated carbocycles. The fourth-order valence-electron chi connectivity index (χ4n) is 2.97. The van der Waals surface area contributed by atoms with Crippen LogP contribution >= 0.6 is 11.8 Å². The fourth-order valence-corrected chi connectivity index (χ4v) is 3.68. The highest BCUT2D eigenvalue weighted by Gasteiger charge is 2.36. The van der Waals surface area contributed by atoms with Crippen LogP contribution in [0.4, 0.5) is 0 Å². The number of fused-ring (bicyclic) bond motifs is 1. The zero-order valence-electron chi connectivity index (χ0n) is 12.9. The summed E-state index contributed by atoms with van der Waals surface area (Å²) in [4.78, 5) is 9.25. The van der Waals surface area contributed by atoms with Gasteiger partial charge in [-0.05, 0) is 42.5 Å². The van der Waals surface area contributed by atoms with E-state index in [1.165, 1.54) is 0 Å². The van der Waals surface area contributed by atoms with Gasteiger partial charge in [0, 0.05) is 18.2 Å². The Hall–Kier alpha value is -1.75. The molecule has 0 radical (unpaired) electrons. The number of amidine groups is 1. The fraction of sp³-hybridized carbons (Fsp3) is 0.375. The molecule has 21 heavy (non-hydrogen) atoms. The van der Waals surface area contributed by atoms with Gasteiger partial charge in [-0.1, -0.05) is 13.8 Å². The molecule has 4 nitrogen and oxygen atoms in total. The summed E-state index contributed by atoms with van der Waals surface area (Å²) in [6.07, 6.45) is 2.74. The van der Waals surface area contributed by atoms with E-state index < -0.39 is 0 Å². The summed E-state index contributed by atoms with van der Waals surface area (Å²) in [5.74, 6) is 0.799. The lowest BCUT2D eigenvalue weighted by Crippen LogP contribution is -2.33. The first-order valence-electron chi connectivity index (χ1n) is 6.70. The van der Waals surface area contributed by atoms with E-state index in [4.69, 9.17) is 5.73 Å². The highest BCUT2D eigenvalue weighted by molar-refractivity contribution is 7.98. The van der Waals surface area contributed by atoms with Crippen molar-refractivity contribution in [3.63, 3.8) is 0 Å². The third kappa shape index (κ3) is 2.46. The number of aromatic hydroxyl groups is 1. The van der Waals surface area contributed by atoms with E-state index in [0.29, 0.717) is 11.6 Å². The maximum atomic E-state index is 10.1. The normalized spacial score (nSPS) is 17.6. The van der Waals surface area contributed by atoms with Crippen LogP contribution in [0.3, 0.4) is 0 Å². The molecular weight excluding hydrogens is 282 g/mol. The van der Waals surface area contributed by atoms with E-state index in [2.05, 4.69) is 30.5 Å². The summed E-state index contributed by atoms with van der Waals surface area (Å²) in [5.41, 5.74) is 9.64. The molecule has 1 aliphatic rings. The van der Waals surface area contributed by atoms with Crippen molar-refractivity contribution in [2.45, 2.75) is 25.2 Å². The van der Waals surface area contributed by atoms with E-state index in [-0.39, 0.29) is 5.41 Å². The second-order valence-electron chi connectivity index (χ2n) is 5.70. The number of phenols is 1. The Balaban J connectivity index is 2.85. The molecule has 0 heterocycles. The van der Waals surface area contributed by atoms with Crippen molar-refractivity contribution < 1.29 is 5.11 Å². The average molecular weight is 303 g/mol. The quantitative estimate of drug-likeness (QED) is 0.512. The molecule has 0 spiro atoms. The first-order valence-corrected chi connectivity index (χ1v) is 7.93. The molecular formula is C16H21N3OS. The summed E-state index contributed by atoms with van der Waals surface area (Å²) in [7, 11) is 1.68. The van der Waals surface area contributed by atoms with Crippen molar-refractivity contribution in [1.82, 2.24) is 0 Å². The Morgan fingerprint density at radius 1 is 1.43 bits per heavy atom. The monoisotopic (exact) mass is 303 g/mol. The van der Waals surface area contributed by atoms with Gasteiger partial charge in [-0.2, -0.15) is 0 Å². The topological polar surface area (TPSA) is 71.0 Å². The maximum Gasteiger partial charge on any atom is 0.129 e. The second kappa shape index (κ2) is 5.56. The summed E-state index contributed by atoms with van der Waals surface area (Å²) >= 11 is 1.54. The molecule has 0 amide bonds. The largest absolute Gasteiger partial charge is 0.507 e. The minimum atomic E-state index is -0.217. The van der Waals surface area contributed by atoms with Gasteiger partial charge in [0.1, 0.15) is 11.6 Å². The summed E-state index contributed by atoms with van der Waals surface area (Å²) in [6, 6.07) is 3.58. The molecule has 0 saturated heterocycles. The minimum absolute atomic E-state index is 0.217. The van der Waals surface area contributed by atoms with E-state index in [1.54, 1.807) is 24.9 Å². The maximum absolute atomic E-state index is 10.1. The number of hydrogen-bond acceptors (Lipinski definition) is 4. The lowest BCUT2D eigenvalue weighted by Gasteiger charge is -2.35. The molecule has 0 bridgehead atoms. The third-order valence-electron chi connectivity index (χ3n) is 3.89. The lowest BCUT2D eigenvalue weighted by atomic mass is 9.71. The molecule has 1 aliphatic carbocycles. The van der Waals surface area contributed by atoms with Gasteiger partial charge < -0.3 is 10.8 Å². The van der Waals surface area contributed by atoms with Crippen LogP contribution in [-0.2, 0) is 6.42 Å². The van der Waals surface area contributed by atoms with Gasteiger partial charge >= 0.3 is 0 Å². The number of aliphatic imine (C=N–C) groups is 2. The Kier molecular flexibility index (Phi) is 4.14. The van der Waals surface area contributed by atoms with Crippen molar-refractivity contribution in [3.8, 4) is 5.75 Å². The number of hydrogen-bond donors (Lipinski definition) is 2. The van der Waals surface area contributed by atoms with Crippen LogP contribution in [0.5, 0.6) is 5.75 Å². The summed E-state index contributed by atoms with van der Waals surface area (Å²) in [6.45, 7) is 7.93. The minimum Gasteiger partial charge on any atom is -0.507 e. The van der Waals surface area contributed by atoms with E-state index in [9.17, 15) is 5.11 Å². The number of nitrogens with two attached hydrogens (primary N) is 1. The molecule has 2 rings (SSSR count). The van der Waals surface area contributed by atoms with Crippen molar-refractivity contribution in [3.05, 3.63) is 28.8 Å². The van der Waals surface area contributed by atoms with Gasteiger partial charge in [0.2, 0.25) is 0 Å². The van der Waals surface area contributed by atoms with Gasteiger partial charge in [-0.25, -0.2) is 0 Å². The first-order chi connectivity index (χ1) is 9.87. The van der Waals surface area contributed by atoms with Crippen LogP contribution in [0.1, 0.15) is 25.0 Å². The number of thioether (sulfide) groups is 1. The van der Waals surface area contributed by atoms with Gasteiger partial charge in [0.25, 0.3) is 0 Å². The molecule has 0 fully saturated rings. The predicted octanol–water partition coefficient (Wildman–Crippen LogP) is 3.10.